The van der Waals surface area contributed by atoms with Gasteiger partial charge >= 0.3 is 0 Å². The number of rotatable bonds is 8. The van der Waals surface area contributed by atoms with E-state index in [2.05, 4.69) is 16.4 Å². The van der Waals surface area contributed by atoms with E-state index in [1.807, 2.05) is 42.2 Å². The second kappa shape index (κ2) is 10.5. The van der Waals surface area contributed by atoms with Gasteiger partial charge in [-0.05, 0) is 42.7 Å². The van der Waals surface area contributed by atoms with E-state index in [0.29, 0.717) is 31.6 Å². The molecular weight excluding hydrogens is 462 g/mol. The molecule has 0 spiro atoms. The van der Waals surface area contributed by atoms with Gasteiger partial charge in [-0.25, -0.2) is 17.7 Å². The Morgan fingerprint density at radius 2 is 1.77 bits per heavy atom. The lowest BCUT2D eigenvalue weighted by molar-refractivity contribution is -0.132. The Kier molecular flexibility index (Phi) is 7.59. The molecule has 35 heavy (non-hydrogen) atoms. The van der Waals surface area contributed by atoms with Gasteiger partial charge in [0.1, 0.15) is 5.82 Å². The van der Waals surface area contributed by atoms with E-state index in [4.69, 9.17) is 4.98 Å². The van der Waals surface area contributed by atoms with E-state index in [1.54, 1.807) is 12.1 Å². The molecule has 2 heterocycles. The van der Waals surface area contributed by atoms with E-state index in [0.717, 1.165) is 48.5 Å². The molecule has 0 unspecified atom stereocenters. The first-order valence-electron chi connectivity index (χ1n) is 12.2. The minimum absolute atomic E-state index is 0.173. The molecule has 2 aromatic carbocycles. The van der Waals surface area contributed by atoms with Crippen molar-refractivity contribution >= 4 is 27.0 Å². The topological polar surface area (TPSA) is 78.8 Å². The number of imidazole rings is 1. The Hall–Kier alpha value is -2.75. The normalized spacial score (nSPS) is 15.3. The Bertz CT molecular complexity index is 1310. The van der Waals surface area contributed by atoms with Crippen LogP contribution in [0.3, 0.4) is 0 Å². The van der Waals surface area contributed by atoms with Gasteiger partial charge in [-0.15, -0.1) is 0 Å². The number of carbonyl (C=O) groups is 1. The van der Waals surface area contributed by atoms with Crippen LogP contribution >= 0.6 is 0 Å². The summed E-state index contributed by atoms with van der Waals surface area (Å²) in [6.45, 7) is 8.63. The molecule has 0 aliphatic carbocycles. The molecule has 1 saturated heterocycles. The molecule has 0 N–H and O–H groups in total. The predicted octanol–water partition coefficient (Wildman–Crippen LogP) is 2.89. The van der Waals surface area contributed by atoms with Gasteiger partial charge in [0.15, 0.2) is 0 Å². The van der Waals surface area contributed by atoms with E-state index < -0.39 is 10.0 Å². The fourth-order valence-corrected chi connectivity index (χ4v) is 5.49. The SMILES string of the molecule is CCCn1c(CN2CCN(C(=O)Cc3ccccc3C)CC2)nc2cc(S(=O)(=O)N(C)C)ccc21. The molecular formula is C26H35N5O3S. The number of carbonyl (C=O) groups excluding carboxylic acids is 1. The summed E-state index contributed by atoms with van der Waals surface area (Å²) in [4.78, 5) is 22.2. The second-order valence-electron chi connectivity index (χ2n) is 9.38. The van der Waals surface area contributed by atoms with Gasteiger partial charge in [0.05, 0.1) is 28.9 Å². The van der Waals surface area contributed by atoms with Crippen LogP contribution in [-0.2, 0) is 34.3 Å². The zero-order valence-corrected chi connectivity index (χ0v) is 21.9. The van der Waals surface area contributed by atoms with Crippen molar-refractivity contribution in [1.82, 2.24) is 23.7 Å². The predicted molar refractivity (Wildman–Crippen MR) is 138 cm³/mol. The average molecular weight is 498 g/mol. The van der Waals surface area contributed by atoms with Crippen molar-refractivity contribution in [3.05, 3.63) is 59.4 Å². The monoisotopic (exact) mass is 497 g/mol. The summed E-state index contributed by atoms with van der Waals surface area (Å²) in [5, 5.41) is 0. The van der Waals surface area contributed by atoms with Crippen molar-refractivity contribution in [3.8, 4) is 0 Å². The molecule has 0 atom stereocenters. The minimum Gasteiger partial charge on any atom is -0.340 e. The summed E-state index contributed by atoms with van der Waals surface area (Å²) in [5.74, 6) is 1.10. The van der Waals surface area contributed by atoms with Gasteiger partial charge < -0.3 is 9.47 Å². The van der Waals surface area contributed by atoms with Crippen LogP contribution < -0.4 is 0 Å². The van der Waals surface area contributed by atoms with Gasteiger partial charge in [-0.2, -0.15) is 0 Å². The molecule has 1 aromatic heterocycles. The quantitative estimate of drug-likeness (QED) is 0.478. The van der Waals surface area contributed by atoms with E-state index in [-0.39, 0.29) is 10.8 Å². The van der Waals surface area contributed by atoms with Crippen molar-refractivity contribution in [3.63, 3.8) is 0 Å². The van der Waals surface area contributed by atoms with Gasteiger partial charge in [-0.3, -0.25) is 9.69 Å². The highest BCUT2D eigenvalue weighted by Gasteiger charge is 2.24. The lowest BCUT2D eigenvalue weighted by Gasteiger charge is -2.34. The molecule has 8 nitrogen and oxygen atoms in total. The van der Waals surface area contributed by atoms with Crippen LogP contribution in [0.2, 0.25) is 0 Å². The van der Waals surface area contributed by atoms with Crippen molar-refractivity contribution in [2.75, 3.05) is 40.3 Å². The number of aromatic nitrogens is 2. The number of hydrogen-bond donors (Lipinski definition) is 0. The minimum atomic E-state index is -3.51. The second-order valence-corrected chi connectivity index (χ2v) is 11.5. The molecule has 188 valence electrons. The lowest BCUT2D eigenvalue weighted by Crippen LogP contribution is -2.49. The zero-order valence-electron chi connectivity index (χ0n) is 21.1. The summed E-state index contributed by atoms with van der Waals surface area (Å²) in [7, 11) is -0.447. The van der Waals surface area contributed by atoms with E-state index >= 15 is 0 Å². The molecule has 9 heteroatoms. The van der Waals surface area contributed by atoms with Crippen LogP contribution in [0.25, 0.3) is 11.0 Å². The Labute approximate surface area is 208 Å². The van der Waals surface area contributed by atoms with Crippen LogP contribution in [0.15, 0.2) is 47.4 Å². The highest BCUT2D eigenvalue weighted by molar-refractivity contribution is 7.89. The van der Waals surface area contributed by atoms with Crippen LogP contribution in [0.1, 0.15) is 30.3 Å². The van der Waals surface area contributed by atoms with Gasteiger partial charge in [-0.1, -0.05) is 31.2 Å². The third kappa shape index (κ3) is 5.42. The lowest BCUT2D eigenvalue weighted by atomic mass is 10.1. The van der Waals surface area contributed by atoms with Crippen LogP contribution in [0.4, 0.5) is 0 Å². The average Bonchev–Trinajstić information content (AvgIpc) is 3.17. The fraction of sp³-hybridized carbons (Fsp3) is 0.462. The Morgan fingerprint density at radius 3 is 2.43 bits per heavy atom. The number of fused-ring (bicyclic) bond motifs is 1. The Balaban J connectivity index is 1.46. The molecule has 0 bridgehead atoms. The molecule has 0 saturated carbocycles. The Morgan fingerprint density at radius 1 is 1.06 bits per heavy atom. The molecule has 3 aromatic rings. The van der Waals surface area contributed by atoms with Crippen LogP contribution in [0.5, 0.6) is 0 Å². The van der Waals surface area contributed by atoms with Crippen LogP contribution in [0, 0.1) is 6.92 Å². The number of nitrogens with zero attached hydrogens (tertiary/aromatic N) is 5. The summed E-state index contributed by atoms with van der Waals surface area (Å²) >= 11 is 0. The molecule has 1 amide bonds. The van der Waals surface area contributed by atoms with Crippen LogP contribution in [-0.4, -0.2) is 78.3 Å². The maximum Gasteiger partial charge on any atom is 0.242 e. The van der Waals surface area contributed by atoms with Gasteiger partial charge in [0, 0.05) is 46.8 Å². The number of benzene rings is 2. The van der Waals surface area contributed by atoms with E-state index in [1.165, 1.54) is 18.4 Å². The first-order chi connectivity index (χ1) is 16.7. The van der Waals surface area contributed by atoms with Crippen molar-refractivity contribution in [1.29, 1.82) is 0 Å². The maximum atomic E-state index is 12.8. The summed E-state index contributed by atoms with van der Waals surface area (Å²) in [5.41, 5.74) is 3.88. The summed E-state index contributed by atoms with van der Waals surface area (Å²) in [6, 6.07) is 13.2. The first-order valence-corrected chi connectivity index (χ1v) is 13.6. The third-order valence-electron chi connectivity index (χ3n) is 6.72. The molecule has 4 rings (SSSR count). The molecule has 0 radical (unpaired) electrons. The van der Waals surface area contributed by atoms with E-state index in [9.17, 15) is 13.2 Å². The number of aryl methyl sites for hydroxylation is 2. The van der Waals surface area contributed by atoms with Crippen molar-refractivity contribution in [2.45, 2.75) is 44.7 Å². The standard InChI is InChI=1S/C26H35N5O3S/c1-5-12-31-24-11-10-22(35(33,34)28(3)4)18-23(24)27-25(31)19-29-13-15-30(16-14-29)26(32)17-21-9-7-6-8-20(21)2/h6-11,18H,5,12-17,19H2,1-4H3. The number of sulfonamides is 1. The van der Waals surface area contributed by atoms with Crippen molar-refractivity contribution < 1.29 is 13.2 Å². The highest BCUT2D eigenvalue weighted by Crippen LogP contribution is 2.23. The number of hydrogen-bond acceptors (Lipinski definition) is 5. The summed E-state index contributed by atoms with van der Waals surface area (Å²) < 4.78 is 28.6. The maximum absolute atomic E-state index is 12.8. The third-order valence-corrected chi connectivity index (χ3v) is 8.53. The smallest absolute Gasteiger partial charge is 0.242 e. The summed E-state index contributed by atoms with van der Waals surface area (Å²) in [6.07, 6.45) is 1.40. The van der Waals surface area contributed by atoms with Crippen molar-refractivity contribution in [2.24, 2.45) is 0 Å². The van der Waals surface area contributed by atoms with Gasteiger partial charge in [0.25, 0.3) is 0 Å². The molecule has 1 aliphatic heterocycles. The largest absolute Gasteiger partial charge is 0.340 e. The number of piperazine rings is 1. The number of amides is 1. The molecule has 1 aliphatic rings. The first kappa shape index (κ1) is 25.3. The fourth-order valence-electron chi connectivity index (χ4n) is 4.56. The molecule has 1 fully saturated rings. The van der Waals surface area contributed by atoms with Gasteiger partial charge in [0.2, 0.25) is 15.9 Å². The highest BCUT2D eigenvalue weighted by atomic mass is 32.2. The zero-order chi connectivity index (χ0) is 25.2.